The number of aryl methyl sites for hydroxylation is 1. The van der Waals surface area contributed by atoms with Gasteiger partial charge in [-0.1, -0.05) is 6.92 Å². The maximum atomic E-state index is 5.93. The van der Waals surface area contributed by atoms with Crippen molar-refractivity contribution in [3.8, 4) is 11.1 Å². The summed E-state index contributed by atoms with van der Waals surface area (Å²) in [6.07, 6.45) is 6.42. The number of rotatable bonds is 3. The van der Waals surface area contributed by atoms with Gasteiger partial charge >= 0.3 is 0 Å². The minimum atomic E-state index is 0.745. The van der Waals surface area contributed by atoms with E-state index in [0.29, 0.717) is 0 Å². The zero-order valence-corrected chi connectivity index (χ0v) is 9.64. The first-order valence-electron chi connectivity index (χ1n) is 5.46. The molecule has 2 N–H and O–H groups in total. The first kappa shape index (κ1) is 10.7. The highest BCUT2D eigenvalue weighted by Gasteiger charge is 2.10. The summed E-state index contributed by atoms with van der Waals surface area (Å²) in [5, 5.41) is 4.36. The Morgan fingerprint density at radius 3 is 2.81 bits per heavy atom. The first-order valence-corrected chi connectivity index (χ1v) is 5.46. The van der Waals surface area contributed by atoms with Gasteiger partial charge in [-0.05, 0) is 19.4 Å². The molecular weight excluding hydrogens is 200 g/mol. The number of nitrogens with two attached hydrogens (primary N) is 1. The fourth-order valence-electron chi connectivity index (χ4n) is 1.78. The van der Waals surface area contributed by atoms with Crippen molar-refractivity contribution in [3.05, 3.63) is 30.4 Å². The summed E-state index contributed by atoms with van der Waals surface area (Å²) in [5.74, 6) is 0. The number of nitrogen functional groups attached to an aromatic ring is 1. The molecule has 2 rings (SSSR count). The van der Waals surface area contributed by atoms with Crippen molar-refractivity contribution in [3.63, 3.8) is 0 Å². The average molecular weight is 216 g/mol. The monoisotopic (exact) mass is 216 g/mol. The Bertz CT molecular complexity index is 488. The third-order valence-electron chi connectivity index (χ3n) is 2.68. The van der Waals surface area contributed by atoms with Gasteiger partial charge in [0.2, 0.25) is 0 Å². The Kier molecular flexibility index (Phi) is 2.90. The molecule has 0 aliphatic rings. The highest BCUT2D eigenvalue weighted by atomic mass is 15.3. The van der Waals surface area contributed by atoms with Gasteiger partial charge in [0, 0.05) is 41.4 Å². The molecule has 0 fully saturated rings. The molecule has 4 nitrogen and oxygen atoms in total. The number of aromatic nitrogens is 3. The molecule has 4 heteroatoms. The summed E-state index contributed by atoms with van der Waals surface area (Å²) in [7, 11) is 0. The lowest BCUT2D eigenvalue weighted by molar-refractivity contribution is 0.587. The standard InChI is InChI=1S/C12H16N4/c1-3-6-16-9(2)10(8-15-16)11-7-14-5-4-12(11)13/h4-5,7-8H,3,6H2,1-2H3,(H2,13,14). The van der Waals surface area contributed by atoms with Crippen molar-refractivity contribution in [1.82, 2.24) is 14.8 Å². The molecule has 0 aliphatic carbocycles. The lowest BCUT2D eigenvalue weighted by Crippen LogP contribution is -2.01. The largest absolute Gasteiger partial charge is 0.398 e. The van der Waals surface area contributed by atoms with Crippen LogP contribution < -0.4 is 5.73 Å². The lowest BCUT2D eigenvalue weighted by atomic mass is 10.1. The first-order chi connectivity index (χ1) is 7.74. The Balaban J connectivity index is 2.45. The van der Waals surface area contributed by atoms with Gasteiger partial charge in [-0.25, -0.2) is 0 Å². The van der Waals surface area contributed by atoms with E-state index in [2.05, 4.69) is 23.9 Å². The summed E-state index contributed by atoms with van der Waals surface area (Å²) < 4.78 is 2.00. The molecule has 0 saturated heterocycles. The van der Waals surface area contributed by atoms with Gasteiger partial charge in [0.25, 0.3) is 0 Å². The molecule has 16 heavy (non-hydrogen) atoms. The van der Waals surface area contributed by atoms with Crippen LogP contribution in [0.4, 0.5) is 5.69 Å². The second kappa shape index (κ2) is 4.35. The molecule has 0 aromatic carbocycles. The Hall–Kier alpha value is -1.84. The van der Waals surface area contributed by atoms with Crippen LogP contribution in [-0.2, 0) is 6.54 Å². The fraction of sp³-hybridized carbons (Fsp3) is 0.333. The summed E-state index contributed by atoms with van der Waals surface area (Å²) in [4.78, 5) is 4.10. The number of anilines is 1. The molecular formula is C12H16N4. The number of nitrogens with zero attached hydrogens (tertiary/aromatic N) is 3. The van der Waals surface area contributed by atoms with Crippen LogP contribution in [0.1, 0.15) is 19.0 Å². The summed E-state index contributed by atoms with van der Waals surface area (Å²) in [5.41, 5.74) is 9.84. The minimum absolute atomic E-state index is 0.745. The van der Waals surface area contributed by atoms with Crippen LogP contribution in [0, 0.1) is 6.92 Å². The van der Waals surface area contributed by atoms with E-state index >= 15 is 0 Å². The zero-order chi connectivity index (χ0) is 11.5. The number of hydrogen-bond donors (Lipinski definition) is 1. The Morgan fingerprint density at radius 2 is 2.12 bits per heavy atom. The van der Waals surface area contributed by atoms with E-state index < -0.39 is 0 Å². The van der Waals surface area contributed by atoms with E-state index in [1.54, 1.807) is 12.4 Å². The van der Waals surface area contributed by atoms with Crippen LogP contribution in [0.25, 0.3) is 11.1 Å². The smallest absolute Gasteiger partial charge is 0.0572 e. The molecule has 0 spiro atoms. The molecule has 0 unspecified atom stereocenters. The molecule has 0 amide bonds. The van der Waals surface area contributed by atoms with Gasteiger partial charge in [0.1, 0.15) is 0 Å². The topological polar surface area (TPSA) is 56.7 Å². The van der Waals surface area contributed by atoms with E-state index in [1.807, 2.05) is 16.9 Å². The highest BCUT2D eigenvalue weighted by Crippen LogP contribution is 2.27. The van der Waals surface area contributed by atoms with Crippen LogP contribution in [0.5, 0.6) is 0 Å². The minimum Gasteiger partial charge on any atom is -0.398 e. The van der Waals surface area contributed by atoms with Gasteiger partial charge in [-0.15, -0.1) is 0 Å². The maximum Gasteiger partial charge on any atom is 0.0572 e. The molecule has 0 aliphatic heterocycles. The molecule has 2 aromatic rings. The fourth-order valence-corrected chi connectivity index (χ4v) is 1.78. The van der Waals surface area contributed by atoms with Crippen molar-refractivity contribution < 1.29 is 0 Å². The van der Waals surface area contributed by atoms with Crippen molar-refractivity contribution in [2.24, 2.45) is 0 Å². The molecule has 2 aromatic heterocycles. The van der Waals surface area contributed by atoms with Crippen LogP contribution >= 0.6 is 0 Å². The normalized spacial score (nSPS) is 10.6. The van der Waals surface area contributed by atoms with Crippen molar-refractivity contribution in [1.29, 1.82) is 0 Å². The highest BCUT2D eigenvalue weighted by molar-refractivity contribution is 5.76. The van der Waals surface area contributed by atoms with E-state index in [4.69, 9.17) is 5.73 Å². The second-order valence-electron chi connectivity index (χ2n) is 3.83. The maximum absolute atomic E-state index is 5.93. The quantitative estimate of drug-likeness (QED) is 0.856. The van der Waals surface area contributed by atoms with Crippen molar-refractivity contribution >= 4 is 5.69 Å². The molecule has 0 saturated carbocycles. The third-order valence-corrected chi connectivity index (χ3v) is 2.68. The van der Waals surface area contributed by atoms with Crippen LogP contribution in [0.2, 0.25) is 0 Å². The Labute approximate surface area is 95.1 Å². The SMILES string of the molecule is CCCn1ncc(-c2cnccc2N)c1C. The van der Waals surface area contributed by atoms with Gasteiger partial charge in [0.05, 0.1) is 6.20 Å². The predicted octanol–water partition coefficient (Wildman–Crippen LogP) is 2.25. The van der Waals surface area contributed by atoms with Gasteiger partial charge < -0.3 is 5.73 Å². The van der Waals surface area contributed by atoms with Crippen LogP contribution in [0.3, 0.4) is 0 Å². The van der Waals surface area contributed by atoms with E-state index in [1.165, 1.54) is 0 Å². The molecule has 84 valence electrons. The average Bonchev–Trinajstić information content (AvgIpc) is 2.62. The summed E-state index contributed by atoms with van der Waals surface area (Å²) in [6, 6.07) is 1.81. The van der Waals surface area contributed by atoms with E-state index in [0.717, 1.165) is 35.5 Å². The Morgan fingerprint density at radius 1 is 1.31 bits per heavy atom. The second-order valence-corrected chi connectivity index (χ2v) is 3.83. The lowest BCUT2D eigenvalue weighted by Gasteiger charge is -2.05. The predicted molar refractivity (Wildman–Crippen MR) is 64.9 cm³/mol. The molecule has 0 atom stereocenters. The summed E-state index contributed by atoms with van der Waals surface area (Å²) in [6.45, 7) is 5.13. The van der Waals surface area contributed by atoms with Gasteiger partial charge in [0.15, 0.2) is 0 Å². The third kappa shape index (κ3) is 1.78. The molecule has 2 heterocycles. The van der Waals surface area contributed by atoms with Crippen molar-refractivity contribution in [2.45, 2.75) is 26.8 Å². The van der Waals surface area contributed by atoms with Gasteiger partial charge in [-0.3, -0.25) is 9.67 Å². The number of hydrogen-bond acceptors (Lipinski definition) is 3. The molecule has 0 bridgehead atoms. The number of pyridine rings is 1. The van der Waals surface area contributed by atoms with E-state index in [9.17, 15) is 0 Å². The van der Waals surface area contributed by atoms with Crippen LogP contribution in [0.15, 0.2) is 24.7 Å². The summed E-state index contributed by atoms with van der Waals surface area (Å²) >= 11 is 0. The van der Waals surface area contributed by atoms with Crippen molar-refractivity contribution in [2.75, 3.05) is 5.73 Å². The van der Waals surface area contributed by atoms with Crippen LogP contribution in [-0.4, -0.2) is 14.8 Å². The molecule has 0 radical (unpaired) electrons. The zero-order valence-electron chi connectivity index (χ0n) is 9.64. The van der Waals surface area contributed by atoms with E-state index in [-0.39, 0.29) is 0 Å². The van der Waals surface area contributed by atoms with Gasteiger partial charge in [-0.2, -0.15) is 5.10 Å².